The molecule has 0 saturated carbocycles. The average molecular weight is 324 g/mol. The van der Waals surface area contributed by atoms with Crippen LogP contribution in [0.5, 0.6) is 0 Å². The largest absolute Gasteiger partial charge is 0.414 e. The Bertz CT molecular complexity index is 356. The van der Waals surface area contributed by atoms with Crippen molar-refractivity contribution >= 4 is 5.91 Å². The number of carbonyl (C=O) groups is 1. The molecule has 0 bridgehead atoms. The third-order valence-electron chi connectivity index (χ3n) is 4.17. The van der Waals surface area contributed by atoms with Gasteiger partial charge in [0, 0.05) is 12.1 Å². The van der Waals surface area contributed by atoms with Crippen LogP contribution in [0.1, 0.15) is 40.5 Å². The number of nitrogens with zero attached hydrogens (tertiary/aromatic N) is 2. The molecule has 1 atom stereocenters. The van der Waals surface area contributed by atoms with Gasteiger partial charge in [-0.1, -0.05) is 0 Å². The molecule has 1 N–H and O–H groups in total. The van der Waals surface area contributed by atoms with E-state index in [1.54, 1.807) is 4.90 Å². The number of carbonyl (C=O) groups excluding carboxylic acids is 1. The first-order chi connectivity index (χ1) is 10.0. The molecule has 1 amide bonds. The number of amides is 1. The van der Waals surface area contributed by atoms with E-state index in [9.17, 15) is 23.1 Å². The lowest BCUT2D eigenvalue weighted by Gasteiger charge is -2.37. The van der Waals surface area contributed by atoms with E-state index in [2.05, 4.69) is 0 Å². The standard InChI is InChI=1S/C15H27F3N2O2/c1-10(2)20(11(3)4)13(21)9-19-7-5-12(6-8-19)14(22)15(16,17)18/h10-12,14,22H,5-9H2,1-4H3. The number of hydrogen-bond acceptors (Lipinski definition) is 3. The number of piperidine rings is 1. The summed E-state index contributed by atoms with van der Waals surface area (Å²) in [5.74, 6) is -0.766. The van der Waals surface area contributed by atoms with E-state index in [0.29, 0.717) is 13.1 Å². The maximum atomic E-state index is 12.5. The van der Waals surface area contributed by atoms with Gasteiger partial charge in [-0.05, 0) is 59.5 Å². The molecule has 7 heteroatoms. The monoisotopic (exact) mass is 324 g/mol. The van der Waals surface area contributed by atoms with Crippen molar-refractivity contribution in [3.63, 3.8) is 0 Å². The SMILES string of the molecule is CC(C)N(C(=O)CN1CCC(C(O)C(F)(F)F)CC1)C(C)C. The fourth-order valence-electron chi connectivity index (χ4n) is 3.14. The highest BCUT2D eigenvalue weighted by Crippen LogP contribution is 2.31. The molecule has 130 valence electrons. The van der Waals surface area contributed by atoms with Gasteiger partial charge in [-0.3, -0.25) is 9.69 Å². The van der Waals surface area contributed by atoms with Crippen LogP contribution < -0.4 is 0 Å². The molecular formula is C15H27F3N2O2. The van der Waals surface area contributed by atoms with Crippen molar-refractivity contribution in [3.8, 4) is 0 Å². The van der Waals surface area contributed by atoms with Crippen molar-refractivity contribution in [1.29, 1.82) is 0 Å². The number of hydrogen-bond donors (Lipinski definition) is 1. The van der Waals surface area contributed by atoms with Crippen LogP contribution in [0.3, 0.4) is 0 Å². The van der Waals surface area contributed by atoms with Crippen LogP contribution in [0.15, 0.2) is 0 Å². The summed E-state index contributed by atoms with van der Waals surface area (Å²) < 4.78 is 37.5. The summed E-state index contributed by atoms with van der Waals surface area (Å²) >= 11 is 0. The fourth-order valence-corrected chi connectivity index (χ4v) is 3.14. The second-order valence-corrected chi connectivity index (χ2v) is 6.59. The number of likely N-dealkylation sites (tertiary alicyclic amines) is 1. The predicted octanol–water partition coefficient (Wildman–Crippen LogP) is 2.27. The second-order valence-electron chi connectivity index (χ2n) is 6.59. The molecule has 1 heterocycles. The number of rotatable bonds is 5. The van der Waals surface area contributed by atoms with Gasteiger partial charge in [0.2, 0.25) is 5.91 Å². The highest BCUT2D eigenvalue weighted by atomic mass is 19.4. The van der Waals surface area contributed by atoms with Gasteiger partial charge in [0.05, 0.1) is 6.54 Å². The maximum Gasteiger partial charge on any atom is 0.414 e. The van der Waals surface area contributed by atoms with Gasteiger partial charge in [0.25, 0.3) is 0 Å². The van der Waals surface area contributed by atoms with Gasteiger partial charge >= 0.3 is 6.18 Å². The normalized spacial score (nSPS) is 19.7. The zero-order valence-corrected chi connectivity index (χ0v) is 13.7. The van der Waals surface area contributed by atoms with Crippen molar-refractivity contribution in [2.75, 3.05) is 19.6 Å². The van der Waals surface area contributed by atoms with E-state index in [1.807, 2.05) is 32.6 Å². The molecular weight excluding hydrogens is 297 g/mol. The van der Waals surface area contributed by atoms with Crippen molar-refractivity contribution in [2.45, 2.75) is 64.9 Å². The lowest BCUT2D eigenvalue weighted by molar-refractivity contribution is -0.223. The van der Waals surface area contributed by atoms with Gasteiger partial charge in [0.15, 0.2) is 6.10 Å². The zero-order valence-electron chi connectivity index (χ0n) is 13.7. The second kappa shape index (κ2) is 7.64. The van der Waals surface area contributed by atoms with Crippen LogP contribution in [0.25, 0.3) is 0 Å². The Morgan fingerprint density at radius 3 is 2.00 bits per heavy atom. The number of aliphatic hydroxyl groups excluding tert-OH is 1. The molecule has 0 aromatic rings. The molecule has 0 aromatic carbocycles. The van der Waals surface area contributed by atoms with E-state index in [4.69, 9.17) is 0 Å². The minimum Gasteiger partial charge on any atom is -0.383 e. The molecule has 1 fully saturated rings. The minimum absolute atomic E-state index is 0.000167. The minimum atomic E-state index is -4.56. The Kier molecular flexibility index (Phi) is 6.67. The first kappa shape index (κ1) is 19.2. The van der Waals surface area contributed by atoms with Gasteiger partial charge < -0.3 is 10.0 Å². The van der Waals surface area contributed by atoms with E-state index in [-0.39, 0.29) is 37.4 Å². The van der Waals surface area contributed by atoms with Crippen molar-refractivity contribution in [2.24, 2.45) is 5.92 Å². The van der Waals surface area contributed by atoms with Crippen LogP contribution in [-0.2, 0) is 4.79 Å². The summed E-state index contributed by atoms with van der Waals surface area (Å²) in [6, 6.07) is 0.189. The molecule has 1 saturated heterocycles. The van der Waals surface area contributed by atoms with Crippen LogP contribution >= 0.6 is 0 Å². The van der Waals surface area contributed by atoms with Gasteiger partial charge in [-0.2, -0.15) is 13.2 Å². The molecule has 0 radical (unpaired) electrons. The van der Waals surface area contributed by atoms with E-state index < -0.39 is 18.2 Å². The Balaban J connectivity index is 2.50. The molecule has 0 spiro atoms. The molecule has 0 aliphatic carbocycles. The Morgan fingerprint density at radius 2 is 1.64 bits per heavy atom. The first-order valence-electron chi connectivity index (χ1n) is 7.82. The topological polar surface area (TPSA) is 43.8 Å². The Labute approximate surface area is 130 Å². The molecule has 4 nitrogen and oxygen atoms in total. The number of alkyl halides is 3. The molecule has 22 heavy (non-hydrogen) atoms. The maximum absolute atomic E-state index is 12.5. The molecule has 1 aliphatic rings. The van der Waals surface area contributed by atoms with Crippen molar-refractivity contribution in [3.05, 3.63) is 0 Å². The first-order valence-corrected chi connectivity index (χ1v) is 7.82. The number of aliphatic hydroxyl groups is 1. The Hall–Kier alpha value is -0.820. The summed E-state index contributed by atoms with van der Waals surface area (Å²) in [4.78, 5) is 16.0. The number of halogens is 3. The molecule has 1 unspecified atom stereocenters. The van der Waals surface area contributed by atoms with Crippen LogP contribution in [-0.4, -0.2) is 64.8 Å². The third-order valence-corrected chi connectivity index (χ3v) is 4.17. The van der Waals surface area contributed by atoms with Gasteiger partial charge in [-0.15, -0.1) is 0 Å². The van der Waals surface area contributed by atoms with E-state index >= 15 is 0 Å². The summed E-state index contributed by atoms with van der Waals surface area (Å²) in [7, 11) is 0. The van der Waals surface area contributed by atoms with Crippen molar-refractivity contribution < 1.29 is 23.1 Å². The lowest BCUT2D eigenvalue weighted by atomic mass is 9.91. The predicted molar refractivity (Wildman–Crippen MR) is 78.3 cm³/mol. The summed E-state index contributed by atoms with van der Waals surface area (Å²) in [6.07, 6.45) is -6.29. The molecule has 1 aliphatic heterocycles. The quantitative estimate of drug-likeness (QED) is 0.844. The Morgan fingerprint density at radius 1 is 1.18 bits per heavy atom. The summed E-state index contributed by atoms with van der Waals surface area (Å²) in [6.45, 7) is 8.84. The van der Waals surface area contributed by atoms with Crippen LogP contribution in [0, 0.1) is 5.92 Å². The average Bonchev–Trinajstić information content (AvgIpc) is 2.36. The van der Waals surface area contributed by atoms with Crippen LogP contribution in [0.4, 0.5) is 13.2 Å². The van der Waals surface area contributed by atoms with Crippen LogP contribution in [0.2, 0.25) is 0 Å². The molecule has 0 aromatic heterocycles. The van der Waals surface area contributed by atoms with Gasteiger partial charge in [-0.25, -0.2) is 0 Å². The highest BCUT2D eigenvalue weighted by Gasteiger charge is 2.44. The summed E-state index contributed by atoms with van der Waals surface area (Å²) in [5.41, 5.74) is 0. The van der Waals surface area contributed by atoms with Gasteiger partial charge in [0.1, 0.15) is 0 Å². The van der Waals surface area contributed by atoms with Crippen molar-refractivity contribution in [1.82, 2.24) is 9.80 Å². The fraction of sp³-hybridized carbons (Fsp3) is 0.933. The van der Waals surface area contributed by atoms with E-state index in [0.717, 1.165) is 0 Å². The highest BCUT2D eigenvalue weighted by molar-refractivity contribution is 5.78. The zero-order chi connectivity index (χ0) is 17.1. The smallest absolute Gasteiger partial charge is 0.383 e. The summed E-state index contributed by atoms with van der Waals surface area (Å²) in [5, 5.41) is 9.29. The third kappa shape index (κ3) is 5.12. The molecule has 1 rings (SSSR count). The lowest BCUT2D eigenvalue weighted by Crippen LogP contribution is -2.49. The van der Waals surface area contributed by atoms with E-state index in [1.165, 1.54) is 0 Å².